The molecule has 1 unspecified atom stereocenters. The number of amides is 2. The highest BCUT2D eigenvalue weighted by Gasteiger charge is 2.34. The molecule has 2 saturated heterocycles. The van der Waals surface area contributed by atoms with Gasteiger partial charge >= 0.3 is 0 Å². The molecule has 2 aliphatic rings. The molecule has 0 aromatic heterocycles. The largest absolute Gasteiger partial charge is 0.341 e. The highest BCUT2D eigenvalue weighted by atomic mass is 35.5. The Morgan fingerprint density at radius 2 is 1.85 bits per heavy atom. The monoisotopic (exact) mass is 391 g/mol. The number of benzene rings is 1. The molecule has 144 valence electrons. The van der Waals surface area contributed by atoms with Crippen molar-refractivity contribution < 1.29 is 14.5 Å². The van der Waals surface area contributed by atoms with Crippen LogP contribution in [0.4, 0.5) is 5.69 Å². The first-order chi connectivity index (χ1) is 13.0. The first-order valence-corrected chi connectivity index (χ1v) is 9.56. The molecule has 27 heavy (non-hydrogen) atoms. The van der Waals surface area contributed by atoms with Crippen molar-refractivity contribution in [3.05, 3.63) is 45.0 Å². The molecule has 0 aliphatic carbocycles. The highest BCUT2D eigenvalue weighted by Crippen LogP contribution is 2.26. The highest BCUT2D eigenvalue weighted by molar-refractivity contribution is 6.32. The van der Waals surface area contributed by atoms with E-state index >= 15 is 0 Å². The second kappa shape index (κ2) is 8.52. The molecule has 1 atom stereocenters. The van der Waals surface area contributed by atoms with E-state index in [0.29, 0.717) is 18.5 Å². The number of nitrogens with zero attached hydrogens (tertiary/aromatic N) is 3. The number of nitro benzene ring substituents is 1. The summed E-state index contributed by atoms with van der Waals surface area (Å²) in [5.74, 6) is -0.207. The molecule has 1 aromatic carbocycles. The third-order valence-corrected chi connectivity index (χ3v) is 5.39. The number of hydrogen-bond donors (Lipinski definition) is 0. The van der Waals surface area contributed by atoms with Gasteiger partial charge in [-0.3, -0.25) is 19.7 Å². The molecular weight excluding hydrogens is 370 g/mol. The third kappa shape index (κ3) is 4.47. The Morgan fingerprint density at radius 1 is 1.15 bits per heavy atom. The SMILES string of the molecule is O=C(C1CCCCN1C(=O)/C=C/c1ccc(Cl)c([N+](=O)[O-])c1)N1CCCC1. The number of likely N-dealkylation sites (tertiary alicyclic amines) is 2. The van der Waals surface area contributed by atoms with Gasteiger partial charge in [-0.15, -0.1) is 0 Å². The van der Waals surface area contributed by atoms with E-state index in [9.17, 15) is 19.7 Å². The van der Waals surface area contributed by atoms with Crippen molar-refractivity contribution in [2.75, 3.05) is 19.6 Å². The Bertz CT molecular complexity index is 774. The van der Waals surface area contributed by atoms with E-state index < -0.39 is 11.0 Å². The fourth-order valence-corrected chi connectivity index (χ4v) is 3.82. The summed E-state index contributed by atoms with van der Waals surface area (Å²) < 4.78 is 0. The van der Waals surface area contributed by atoms with Crippen molar-refractivity contribution in [1.82, 2.24) is 9.80 Å². The van der Waals surface area contributed by atoms with E-state index in [1.54, 1.807) is 11.0 Å². The summed E-state index contributed by atoms with van der Waals surface area (Å²) in [7, 11) is 0. The fourth-order valence-electron chi connectivity index (χ4n) is 3.64. The van der Waals surface area contributed by atoms with Crippen molar-refractivity contribution in [2.24, 2.45) is 0 Å². The second-order valence-corrected chi connectivity index (χ2v) is 7.28. The van der Waals surface area contributed by atoms with Crippen LogP contribution in [0.25, 0.3) is 6.08 Å². The second-order valence-electron chi connectivity index (χ2n) is 6.88. The van der Waals surface area contributed by atoms with E-state index in [4.69, 9.17) is 11.6 Å². The lowest BCUT2D eigenvalue weighted by molar-refractivity contribution is -0.384. The third-order valence-electron chi connectivity index (χ3n) is 5.07. The van der Waals surface area contributed by atoms with Gasteiger partial charge in [-0.1, -0.05) is 17.7 Å². The van der Waals surface area contributed by atoms with Crippen molar-refractivity contribution in [1.29, 1.82) is 0 Å². The van der Waals surface area contributed by atoms with Gasteiger partial charge in [0.2, 0.25) is 11.8 Å². The first-order valence-electron chi connectivity index (χ1n) is 9.19. The van der Waals surface area contributed by atoms with Crippen LogP contribution >= 0.6 is 11.6 Å². The lowest BCUT2D eigenvalue weighted by Gasteiger charge is -2.36. The van der Waals surface area contributed by atoms with Gasteiger partial charge in [-0.05, 0) is 49.8 Å². The molecule has 0 saturated carbocycles. The first kappa shape index (κ1) is 19.4. The minimum atomic E-state index is -0.559. The quantitative estimate of drug-likeness (QED) is 0.448. The molecule has 0 spiro atoms. The molecule has 1 aromatic rings. The number of nitro groups is 1. The number of hydrogen-bond acceptors (Lipinski definition) is 4. The number of halogens is 1. The van der Waals surface area contributed by atoms with Crippen LogP contribution in [0, 0.1) is 10.1 Å². The van der Waals surface area contributed by atoms with Gasteiger partial charge in [0, 0.05) is 31.8 Å². The van der Waals surface area contributed by atoms with Gasteiger partial charge < -0.3 is 9.80 Å². The Labute approximate surface area is 162 Å². The zero-order valence-electron chi connectivity index (χ0n) is 15.0. The molecular formula is C19H22ClN3O4. The Balaban J connectivity index is 1.73. The summed E-state index contributed by atoms with van der Waals surface area (Å²) in [6.07, 6.45) is 7.42. The predicted octanol–water partition coefficient (Wildman–Crippen LogP) is 3.26. The molecule has 2 fully saturated rings. The molecule has 0 radical (unpaired) electrons. The number of carbonyl (C=O) groups excluding carboxylic acids is 2. The number of rotatable bonds is 4. The predicted molar refractivity (Wildman–Crippen MR) is 102 cm³/mol. The van der Waals surface area contributed by atoms with E-state index in [-0.39, 0.29) is 22.5 Å². The summed E-state index contributed by atoms with van der Waals surface area (Å²) in [4.78, 5) is 39.4. The molecule has 0 bridgehead atoms. The number of carbonyl (C=O) groups is 2. The summed E-state index contributed by atoms with van der Waals surface area (Å²) in [5.41, 5.74) is 0.310. The van der Waals surface area contributed by atoms with Gasteiger partial charge in [0.1, 0.15) is 11.1 Å². The van der Waals surface area contributed by atoms with Crippen LogP contribution in [-0.4, -0.2) is 52.2 Å². The average molecular weight is 392 g/mol. The molecule has 2 aliphatic heterocycles. The van der Waals surface area contributed by atoms with E-state index in [0.717, 1.165) is 38.8 Å². The van der Waals surface area contributed by atoms with Gasteiger partial charge in [0.15, 0.2) is 0 Å². The van der Waals surface area contributed by atoms with Gasteiger partial charge in [-0.2, -0.15) is 0 Å². The van der Waals surface area contributed by atoms with Crippen LogP contribution in [0.1, 0.15) is 37.7 Å². The van der Waals surface area contributed by atoms with E-state index in [1.165, 1.54) is 24.3 Å². The summed E-state index contributed by atoms with van der Waals surface area (Å²) in [5, 5.41) is 11.0. The topological polar surface area (TPSA) is 83.8 Å². The molecule has 2 heterocycles. The van der Waals surface area contributed by atoms with E-state index in [2.05, 4.69) is 0 Å². The maximum atomic E-state index is 12.8. The maximum absolute atomic E-state index is 12.8. The van der Waals surface area contributed by atoms with Crippen LogP contribution < -0.4 is 0 Å². The smallest absolute Gasteiger partial charge is 0.288 e. The zero-order valence-corrected chi connectivity index (χ0v) is 15.7. The summed E-state index contributed by atoms with van der Waals surface area (Å²) >= 11 is 5.81. The summed E-state index contributed by atoms with van der Waals surface area (Å²) in [6, 6.07) is 3.97. The van der Waals surface area contributed by atoms with Crippen LogP contribution in [-0.2, 0) is 9.59 Å². The van der Waals surface area contributed by atoms with E-state index in [1.807, 2.05) is 4.90 Å². The van der Waals surface area contributed by atoms with Crippen molar-refractivity contribution in [3.63, 3.8) is 0 Å². The normalized spacial score (nSPS) is 20.3. The fraction of sp³-hybridized carbons (Fsp3) is 0.474. The standard InChI is InChI=1S/C19H22ClN3O4/c20-15-8-6-14(13-17(15)23(26)27)7-9-18(24)22-12-2-1-5-16(22)19(25)21-10-3-4-11-21/h6-9,13,16H,1-5,10-12H2/b9-7+. The van der Waals surface area contributed by atoms with Gasteiger partial charge in [0.25, 0.3) is 5.69 Å². The van der Waals surface area contributed by atoms with Crippen molar-refractivity contribution >= 4 is 35.2 Å². The average Bonchev–Trinajstić information content (AvgIpc) is 3.21. The Kier molecular flexibility index (Phi) is 6.11. The molecule has 0 N–H and O–H groups in total. The Hall–Kier alpha value is -2.41. The molecule has 8 heteroatoms. The maximum Gasteiger partial charge on any atom is 0.288 e. The number of piperidine rings is 1. The van der Waals surface area contributed by atoms with Crippen molar-refractivity contribution in [2.45, 2.75) is 38.1 Å². The molecule has 2 amide bonds. The van der Waals surface area contributed by atoms with Gasteiger partial charge in [0.05, 0.1) is 4.92 Å². The molecule has 7 nitrogen and oxygen atoms in total. The van der Waals surface area contributed by atoms with Crippen molar-refractivity contribution in [3.8, 4) is 0 Å². The summed E-state index contributed by atoms with van der Waals surface area (Å²) in [6.45, 7) is 2.08. The Morgan fingerprint density at radius 3 is 2.56 bits per heavy atom. The van der Waals surface area contributed by atoms with Crippen LogP contribution in [0.2, 0.25) is 5.02 Å². The lowest BCUT2D eigenvalue weighted by atomic mass is 10.0. The van der Waals surface area contributed by atoms with Crippen LogP contribution in [0.15, 0.2) is 24.3 Å². The van der Waals surface area contributed by atoms with Crippen LogP contribution in [0.5, 0.6) is 0 Å². The lowest BCUT2D eigenvalue weighted by Crippen LogP contribution is -2.52. The minimum absolute atomic E-state index is 0.0380. The zero-order chi connectivity index (χ0) is 19.4. The van der Waals surface area contributed by atoms with Crippen LogP contribution in [0.3, 0.4) is 0 Å². The van der Waals surface area contributed by atoms with Gasteiger partial charge in [-0.25, -0.2) is 0 Å². The molecule has 3 rings (SSSR count). The minimum Gasteiger partial charge on any atom is -0.341 e.